The van der Waals surface area contributed by atoms with Crippen LogP contribution < -0.4 is 10.1 Å². The number of rotatable bonds is 7. The maximum Gasteiger partial charge on any atom is 0.237 e. The van der Waals surface area contributed by atoms with E-state index in [-0.39, 0.29) is 5.91 Å². The molecule has 104 valence electrons. The second-order valence-electron chi connectivity index (χ2n) is 4.88. The van der Waals surface area contributed by atoms with Crippen LogP contribution in [0.4, 0.5) is 0 Å². The van der Waals surface area contributed by atoms with E-state index in [9.17, 15) is 4.79 Å². The van der Waals surface area contributed by atoms with Crippen molar-refractivity contribution < 1.29 is 9.53 Å². The molecule has 0 aromatic heterocycles. The molecule has 0 unspecified atom stereocenters. The number of amides is 1. The maximum atomic E-state index is 12.1. The van der Waals surface area contributed by atoms with Crippen molar-refractivity contribution in [1.82, 2.24) is 10.2 Å². The summed E-state index contributed by atoms with van der Waals surface area (Å²) < 4.78 is 5.14. The first-order valence-corrected chi connectivity index (χ1v) is 6.87. The van der Waals surface area contributed by atoms with E-state index >= 15 is 0 Å². The number of nitrogens with one attached hydrogen (secondary N) is 1. The van der Waals surface area contributed by atoms with Gasteiger partial charge in [-0.1, -0.05) is 19.1 Å². The number of hydrogen-bond acceptors (Lipinski definition) is 3. The summed E-state index contributed by atoms with van der Waals surface area (Å²) in [5, 5.41) is 3.10. The highest BCUT2D eigenvalue weighted by atomic mass is 16.5. The van der Waals surface area contributed by atoms with Crippen molar-refractivity contribution in [3.05, 3.63) is 29.8 Å². The van der Waals surface area contributed by atoms with Crippen molar-refractivity contribution in [3.63, 3.8) is 0 Å². The van der Waals surface area contributed by atoms with Gasteiger partial charge in [0.2, 0.25) is 5.91 Å². The third kappa shape index (κ3) is 3.96. The van der Waals surface area contributed by atoms with Crippen LogP contribution in [0.5, 0.6) is 5.75 Å². The minimum absolute atomic E-state index is 0.195. The zero-order valence-electron chi connectivity index (χ0n) is 11.7. The van der Waals surface area contributed by atoms with E-state index in [4.69, 9.17) is 4.74 Å². The molecule has 19 heavy (non-hydrogen) atoms. The minimum atomic E-state index is 0.195. The maximum absolute atomic E-state index is 12.1. The van der Waals surface area contributed by atoms with E-state index in [0.717, 1.165) is 30.7 Å². The normalized spacial score (nSPS) is 14.2. The van der Waals surface area contributed by atoms with Gasteiger partial charge in [0.15, 0.2) is 0 Å². The fraction of sp³-hybridized carbons (Fsp3) is 0.533. The first-order valence-electron chi connectivity index (χ1n) is 6.87. The first-order chi connectivity index (χ1) is 9.24. The highest BCUT2D eigenvalue weighted by Gasteiger charge is 2.32. The van der Waals surface area contributed by atoms with Gasteiger partial charge in [-0.05, 0) is 37.1 Å². The standard InChI is InChI=1S/C15H22N2O2/c1-3-16-10-15(18)17(13-6-7-13)11-12-4-8-14(19-2)9-5-12/h4-5,8-9,13,16H,3,6-7,10-11H2,1-2H3. The van der Waals surface area contributed by atoms with E-state index in [1.165, 1.54) is 0 Å². The van der Waals surface area contributed by atoms with Crippen molar-refractivity contribution in [2.24, 2.45) is 0 Å². The molecule has 0 spiro atoms. The predicted molar refractivity (Wildman–Crippen MR) is 75.1 cm³/mol. The van der Waals surface area contributed by atoms with Gasteiger partial charge in [-0.15, -0.1) is 0 Å². The highest BCUT2D eigenvalue weighted by molar-refractivity contribution is 5.79. The number of likely N-dealkylation sites (N-methyl/N-ethyl adjacent to an activating group) is 1. The monoisotopic (exact) mass is 262 g/mol. The number of carbonyl (C=O) groups is 1. The van der Waals surface area contributed by atoms with Crippen molar-refractivity contribution in [2.45, 2.75) is 32.4 Å². The molecule has 1 saturated carbocycles. The van der Waals surface area contributed by atoms with E-state index < -0.39 is 0 Å². The molecule has 1 N–H and O–H groups in total. The van der Waals surface area contributed by atoms with Crippen molar-refractivity contribution in [3.8, 4) is 5.75 Å². The SMILES string of the molecule is CCNCC(=O)N(Cc1ccc(OC)cc1)C1CC1. The second-order valence-corrected chi connectivity index (χ2v) is 4.88. The highest BCUT2D eigenvalue weighted by Crippen LogP contribution is 2.28. The van der Waals surface area contributed by atoms with Gasteiger partial charge < -0.3 is 15.0 Å². The Hall–Kier alpha value is -1.55. The average Bonchev–Trinajstić information content (AvgIpc) is 3.27. The van der Waals surface area contributed by atoms with Gasteiger partial charge in [0, 0.05) is 12.6 Å². The summed E-state index contributed by atoms with van der Waals surface area (Å²) in [6.07, 6.45) is 2.27. The first kappa shape index (κ1) is 13.9. The molecule has 2 rings (SSSR count). The predicted octanol–water partition coefficient (Wildman–Crippen LogP) is 1.80. The number of nitrogens with zero attached hydrogens (tertiary/aromatic N) is 1. The summed E-state index contributed by atoms with van der Waals surface area (Å²) >= 11 is 0. The molecule has 1 amide bonds. The lowest BCUT2D eigenvalue weighted by molar-refractivity contribution is -0.131. The van der Waals surface area contributed by atoms with Crippen LogP contribution in [-0.4, -0.2) is 37.0 Å². The summed E-state index contributed by atoms with van der Waals surface area (Å²) in [5.41, 5.74) is 1.15. The average molecular weight is 262 g/mol. The van der Waals surface area contributed by atoms with Crippen LogP contribution in [-0.2, 0) is 11.3 Å². The Labute approximate surface area is 114 Å². The molecule has 0 atom stereocenters. The third-order valence-corrected chi connectivity index (χ3v) is 3.35. The molecule has 4 nitrogen and oxygen atoms in total. The van der Waals surface area contributed by atoms with Crippen molar-refractivity contribution in [1.29, 1.82) is 0 Å². The van der Waals surface area contributed by atoms with Crippen molar-refractivity contribution >= 4 is 5.91 Å². The fourth-order valence-electron chi connectivity index (χ4n) is 2.07. The quantitative estimate of drug-likeness (QED) is 0.814. The van der Waals surface area contributed by atoms with Gasteiger partial charge in [0.1, 0.15) is 5.75 Å². The van der Waals surface area contributed by atoms with Gasteiger partial charge in [0.25, 0.3) is 0 Å². The molecule has 1 aliphatic carbocycles. The van der Waals surface area contributed by atoms with Gasteiger partial charge in [-0.25, -0.2) is 0 Å². The van der Waals surface area contributed by atoms with Gasteiger partial charge in [-0.2, -0.15) is 0 Å². The van der Waals surface area contributed by atoms with E-state index in [1.54, 1.807) is 7.11 Å². The molecule has 0 bridgehead atoms. The number of hydrogen-bond donors (Lipinski definition) is 1. The lowest BCUT2D eigenvalue weighted by Gasteiger charge is -2.23. The van der Waals surface area contributed by atoms with Crippen LogP contribution in [0.25, 0.3) is 0 Å². The minimum Gasteiger partial charge on any atom is -0.497 e. The Kier molecular flexibility index (Phi) is 4.80. The zero-order chi connectivity index (χ0) is 13.7. The Bertz CT molecular complexity index is 413. The molecule has 0 radical (unpaired) electrons. The second kappa shape index (κ2) is 6.57. The van der Waals surface area contributed by atoms with E-state index in [0.29, 0.717) is 19.1 Å². The van der Waals surface area contributed by atoms with Crippen LogP contribution in [0, 0.1) is 0 Å². The van der Waals surface area contributed by atoms with Crippen LogP contribution in [0.2, 0.25) is 0 Å². The smallest absolute Gasteiger partial charge is 0.237 e. The molecular formula is C15H22N2O2. The largest absolute Gasteiger partial charge is 0.497 e. The third-order valence-electron chi connectivity index (χ3n) is 3.35. The van der Waals surface area contributed by atoms with Gasteiger partial charge in [-0.3, -0.25) is 4.79 Å². The Morgan fingerprint density at radius 2 is 2.05 bits per heavy atom. The molecule has 1 aliphatic rings. The number of methoxy groups -OCH3 is 1. The number of ether oxygens (including phenoxy) is 1. The lowest BCUT2D eigenvalue weighted by atomic mass is 10.2. The van der Waals surface area contributed by atoms with Crippen LogP contribution >= 0.6 is 0 Å². The molecule has 4 heteroatoms. The zero-order valence-corrected chi connectivity index (χ0v) is 11.7. The molecule has 0 heterocycles. The number of benzene rings is 1. The summed E-state index contributed by atoms with van der Waals surface area (Å²) in [4.78, 5) is 14.1. The van der Waals surface area contributed by atoms with E-state index in [1.807, 2.05) is 36.1 Å². The van der Waals surface area contributed by atoms with Crippen LogP contribution in [0.1, 0.15) is 25.3 Å². The summed E-state index contributed by atoms with van der Waals surface area (Å²) in [5.74, 6) is 1.04. The van der Waals surface area contributed by atoms with Crippen LogP contribution in [0.15, 0.2) is 24.3 Å². The molecule has 0 saturated heterocycles. The van der Waals surface area contributed by atoms with Gasteiger partial charge in [0.05, 0.1) is 13.7 Å². The lowest BCUT2D eigenvalue weighted by Crippen LogP contribution is -2.39. The van der Waals surface area contributed by atoms with Crippen LogP contribution in [0.3, 0.4) is 0 Å². The molecule has 1 fully saturated rings. The molecule has 1 aromatic rings. The van der Waals surface area contributed by atoms with Crippen molar-refractivity contribution in [2.75, 3.05) is 20.2 Å². The summed E-state index contributed by atoms with van der Waals surface area (Å²) in [6.45, 7) is 3.97. The fourth-order valence-corrected chi connectivity index (χ4v) is 2.07. The number of carbonyl (C=O) groups excluding carboxylic acids is 1. The summed E-state index contributed by atoms with van der Waals surface area (Å²) in [6, 6.07) is 8.36. The Balaban J connectivity index is 1.97. The summed E-state index contributed by atoms with van der Waals surface area (Å²) in [7, 11) is 1.66. The molecule has 1 aromatic carbocycles. The molecular weight excluding hydrogens is 240 g/mol. The Morgan fingerprint density at radius 1 is 1.37 bits per heavy atom. The molecule has 0 aliphatic heterocycles. The van der Waals surface area contributed by atoms with Gasteiger partial charge >= 0.3 is 0 Å². The van der Waals surface area contributed by atoms with E-state index in [2.05, 4.69) is 5.32 Å². The Morgan fingerprint density at radius 3 is 2.58 bits per heavy atom. The topological polar surface area (TPSA) is 41.6 Å².